The maximum absolute atomic E-state index is 7.67. The van der Waals surface area contributed by atoms with Crippen molar-refractivity contribution in [1.82, 2.24) is 0 Å². The monoisotopic (exact) mass is 437 g/mol. The van der Waals surface area contributed by atoms with E-state index in [1.54, 1.807) is 56.3 Å². The number of allylic oxidation sites excluding steroid dienone is 1. The Morgan fingerprint density at radius 2 is 1.87 bits per heavy atom. The first-order chi connectivity index (χ1) is 16.4. The first-order valence-corrected chi connectivity index (χ1v) is 11.1. The first kappa shape index (κ1) is 20.3. The van der Waals surface area contributed by atoms with Crippen molar-refractivity contribution in [3.05, 3.63) is 71.8 Å². The maximum atomic E-state index is 7.67. The lowest BCUT2D eigenvalue weighted by molar-refractivity contribution is 0.137. The van der Waals surface area contributed by atoms with Crippen molar-refractivity contribution in [3.63, 3.8) is 0 Å². The summed E-state index contributed by atoms with van der Waals surface area (Å²) in [5, 5.41) is 0. The van der Waals surface area contributed by atoms with Crippen LogP contribution in [0.3, 0.4) is 0 Å². The molecule has 0 spiro atoms. The molecule has 0 saturated heterocycles. The number of rotatable bonds is 10. The van der Waals surface area contributed by atoms with Crippen molar-refractivity contribution >= 4 is 11.8 Å². The molecule has 2 aromatic carbocycles. The summed E-state index contributed by atoms with van der Waals surface area (Å²) >= 11 is 1.63. The average molecular weight is 438 g/mol. The van der Waals surface area contributed by atoms with Crippen molar-refractivity contribution in [3.8, 4) is 29.4 Å². The minimum Gasteiger partial charge on any atom is -0.497 e. The Balaban J connectivity index is 2.27. The molecule has 0 bridgehead atoms. The van der Waals surface area contributed by atoms with Crippen LogP contribution in [0.4, 0.5) is 0 Å². The van der Waals surface area contributed by atoms with Gasteiger partial charge in [-0.05, 0) is 42.7 Å². The van der Waals surface area contributed by atoms with Crippen LogP contribution >= 0.6 is 11.8 Å². The number of benzene rings is 2. The van der Waals surface area contributed by atoms with Crippen LogP contribution in [0.2, 0.25) is 0 Å². The predicted octanol–water partition coefficient (Wildman–Crippen LogP) is 5.92. The predicted molar refractivity (Wildman–Crippen MR) is 129 cm³/mol. The number of ether oxygens (including phenoxy) is 3. The number of hydrogen-bond donors (Lipinski definition) is 0. The Morgan fingerprint density at radius 1 is 1.06 bits per heavy atom. The number of thioether (sulfide) groups is 1. The zero-order chi connectivity index (χ0) is 24.7. The SMILES string of the molecule is [2H]C([2H])([2H])OC(/C(C#CCCCCOC)=C/C#CCSc1ccccc1)c1ccc(OC)cc1. The molecule has 0 aliphatic carbocycles. The molecule has 0 N–H and O–H groups in total. The quantitative estimate of drug-likeness (QED) is 0.262. The molecule has 0 radical (unpaired) electrons. The fourth-order valence-electron chi connectivity index (χ4n) is 2.70. The molecule has 1 atom stereocenters. The van der Waals surface area contributed by atoms with E-state index < -0.39 is 13.1 Å². The second-order valence-electron chi connectivity index (χ2n) is 6.55. The summed E-state index contributed by atoms with van der Waals surface area (Å²) in [6.07, 6.45) is 3.26. The average Bonchev–Trinajstić information content (AvgIpc) is 2.83. The largest absolute Gasteiger partial charge is 0.497 e. The van der Waals surface area contributed by atoms with Crippen LogP contribution in [0.1, 0.15) is 35.0 Å². The minimum absolute atomic E-state index is 0.505. The van der Waals surface area contributed by atoms with Gasteiger partial charge in [-0.3, -0.25) is 0 Å². The van der Waals surface area contributed by atoms with Crippen molar-refractivity contribution in [2.75, 3.05) is 33.6 Å². The second kappa shape index (κ2) is 15.2. The van der Waals surface area contributed by atoms with Gasteiger partial charge in [0.25, 0.3) is 0 Å². The molecule has 0 heterocycles. The van der Waals surface area contributed by atoms with E-state index in [0.717, 1.165) is 17.7 Å². The highest BCUT2D eigenvalue weighted by atomic mass is 32.2. The van der Waals surface area contributed by atoms with Crippen molar-refractivity contribution in [1.29, 1.82) is 0 Å². The standard InChI is InChI=1S/C27H30O3S/c1-28-21-11-5-4-7-13-23(14-10-12-22-31-26-15-8-6-9-16-26)27(30-3)24-17-19-25(29-2)20-18-24/h6,8-9,14-20,27H,4-5,11,21-22H2,1-3H3/b23-14+/i3D3. The van der Waals surface area contributed by atoms with Crippen molar-refractivity contribution in [2.45, 2.75) is 30.3 Å². The summed E-state index contributed by atoms with van der Waals surface area (Å²) < 4.78 is 38.8. The molecule has 0 saturated carbocycles. The molecule has 31 heavy (non-hydrogen) atoms. The van der Waals surface area contributed by atoms with E-state index in [1.807, 2.05) is 30.3 Å². The van der Waals surface area contributed by atoms with Gasteiger partial charge in [-0.15, -0.1) is 11.8 Å². The Hall–Kier alpha value is -2.63. The van der Waals surface area contributed by atoms with Gasteiger partial charge in [-0.1, -0.05) is 54.0 Å². The van der Waals surface area contributed by atoms with E-state index in [0.29, 0.717) is 35.7 Å². The van der Waals surface area contributed by atoms with Gasteiger partial charge in [0.15, 0.2) is 0 Å². The van der Waals surface area contributed by atoms with Crippen LogP contribution in [0.5, 0.6) is 5.75 Å². The summed E-state index contributed by atoms with van der Waals surface area (Å²) in [4.78, 5) is 1.14. The zero-order valence-corrected chi connectivity index (χ0v) is 18.8. The third-order valence-electron chi connectivity index (χ3n) is 4.34. The van der Waals surface area contributed by atoms with Crippen LogP contribution in [-0.2, 0) is 9.47 Å². The smallest absolute Gasteiger partial charge is 0.118 e. The third kappa shape index (κ3) is 9.37. The molecule has 4 heteroatoms. The fourth-order valence-corrected chi connectivity index (χ4v) is 3.37. The summed E-state index contributed by atoms with van der Waals surface area (Å²) in [6, 6.07) is 17.1. The molecule has 0 aliphatic rings. The Bertz CT molecular complexity index is 1010. The van der Waals surface area contributed by atoms with E-state index in [4.69, 9.17) is 18.3 Å². The Kier molecular flexibility index (Phi) is 9.95. The normalized spacial score (nSPS) is 13.5. The van der Waals surface area contributed by atoms with E-state index in [1.165, 1.54) is 0 Å². The third-order valence-corrected chi connectivity index (χ3v) is 5.23. The molecule has 162 valence electrons. The highest BCUT2D eigenvalue weighted by Gasteiger charge is 2.14. The summed E-state index contributed by atoms with van der Waals surface area (Å²) in [6.45, 7) is 0.686. The number of methoxy groups -OCH3 is 3. The molecule has 0 aliphatic heterocycles. The highest BCUT2D eigenvalue weighted by molar-refractivity contribution is 7.99. The molecular formula is C27H30O3S. The molecule has 2 aromatic rings. The maximum Gasteiger partial charge on any atom is 0.118 e. The number of hydrogen-bond acceptors (Lipinski definition) is 4. The van der Waals surface area contributed by atoms with Crippen LogP contribution in [0.15, 0.2) is 71.1 Å². The lowest BCUT2D eigenvalue weighted by Crippen LogP contribution is -2.04. The molecule has 3 nitrogen and oxygen atoms in total. The lowest BCUT2D eigenvalue weighted by Gasteiger charge is -2.16. The molecular weight excluding hydrogens is 404 g/mol. The van der Waals surface area contributed by atoms with Gasteiger partial charge in [0.05, 0.1) is 17.0 Å². The number of unbranched alkanes of at least 4 members (excludes halogenated alkanes) is 2. The Labute approximate surface area is 195 Å². The van der Waals surface area contributed by atoms with Gasteiger partial charge in [0.1, 0.15) is 11.9 Å². The molecule has 0 fully saturated rings. The van der Waals surface area contributed by atoms with E-state index in [9.17, 15) is 0 Å². The van der Waals surface area contributed by atoms with Gasteiger partial charge in [0.2, 0.25) is 0 Å². The van der Waals surface area contributed by atoms with E-state index in [-0.39, 0.29) is 0 Å². The second-order valence-corrected chi connectivity index (χ2v) is 7.59. The summed E-state index contributed by atoms with van der Waals surface area (Å²) in [5.41, 5.74) is 1.17. The van der Waals surface area contributed by atoms with Crippen LogP contribution in [-0.4, -0.2) is 33.6 Å². The Morgan fingerprint density at radius 3 is 2.58 bits per heavy atom. The van der Waals surface area contributed by atoms with Gasteiger partial charge < -0.3 is 14.2 Å². The zero-order valence-electron chi connectivity index (χ0n) is 21.0. The van der Waals surface area contributed by atoms with Crippen LogP contribution in [0, 0.1) is 23.7 Å². The molecule has 0 aromatic heterocycles. The van der Waals surface area contributed by atoms with Crippen molar-refractivity contribution < 1.29 is 18.3 Å². The molecule has 1 unspecified atom stereocenters. The fraction of sp³-hybridized carbons (Fsp3) is 0.333. The van der Waals surface area contributed by atoms with Gasteiger partial charge >= 0.3 is 0 Å². The topological polar surface area (TPSA) is 27.7 Å². The summed E-state index contributed by atoms with van der Waals surface area (Å²) in [7, 11) is 0.655. The lowest BCUT2D eigenvalue weighted by atomic mass is 10.0. The molecule has 0 amide bonds. The van der Waals surface area contributed by atoms with Crippen molar-refractivity contribution in [2.24, 2.45) is 0 Å². The van der Waals surface area contributed by atoms with Gasteiger partial charge in [0, 0.05) is 43.7 Å². The van der Waals surface area contributed by atoms with E-state index >= 15 is 0 Å². The van der Waals surface area contributed by atoms with Crippen LogP contribution in [0.25, 0.3) is 0 Å². The van der Waals surface area contributed by atoms with Gasteiger partial charge in [-0.2, -0.15) is 0 Å². The van der Waals surface area contributed by atoms with Crippen LogP contribution < -0.4 is 4.74 Å². The summed E-state index contributed by atoms with van der Waals surface area (Å²) in [5.74, 6) is 13.7. The minimum atomic E-state index is -2.60. The van der Waals surface area contributed by atoms with E-state index in [2.05, 4.69) is 23.7 Å². The van der Waals surface area contributed by atoms with Gasteiger partial charge in [-0.25, -0.2) is 0 Å². The molecule has 2 rings (SSSR count). The highest BCUT2D eigenvalue weighted by Crippen LogP contribution is 2.26. The first-order valence-electron chi connectivity index (χ1n) is 11.6.